The number of aromatic amines is 1. The number of H-pyrrole nitrogens is 1. The molecule has 78 valence electrons. The summed E-state index contributed by atoms with van der Waals surface area (Å²) in [7, 11) is 0. The van der Waals surface area contributed by atoms with Crippen molar-refractivity contribution in [3.63, 3.8) is 0 Å². The second-order valence-electron chi connectivity index (χ2n) is 3.22. The van der Waals surface area contributed by atoms with Crippen LogP contribution in [0.1, 0.15) is 15.9 Å². The molecule has 0 saturated heterocycles. The fraction of sp³-hybridized carbons (Fsp3) is 0.100. The second kappa shape index (κ2) is 3.68. The molecule has 2 N–H and O–H groups in total. The smallest absolute Gasteiger partial charge is 0.337 e. The number of aromatic carboxylic acids is 1. The highest BCUT2D eigenvalue weighted by atomic mass is 127. The summed E-state index contributed by atoms with van der Waals surface area (Å²) in [4.78, 5) is 13.9. The Morgan fingerprint density at radius 3 is 2.87 bits per heavy atom. The second-order valence-corrected chi connectivity index (χ2v) is 4.79. The van der Waals surface area contributed by atoms with E-state index in [0.29, 0.717) is 10.4 Å². The monoisotopic (exact) mass is 335 g/mol. The number of carboxylic acids is 1. The van der Waals surface area contributed by atoms with Crippen LogP contribution in [0.2, 0.25) is 5.02 Å². The molecule has 1 aromatic heterocycles. The lowest BCUT2D eigenvalue weighted by Gasteiger charge is -2.03. The van der Waals surface area contributed by atoms with Gasteiger partial charge in [-0.25, -0.2) is 4.79 Å². The molecule has 0 bridgehead atoms. The van der Waals surface area contributed by atoms with E-state index in [0.717, 1.165) is 14.7 Å². The average Bonchev–Trinajstić information content (AvgIpc) is 2.58. The van der Waals surface area contributed by atoms with Gasteiger partial charge in [-0.2, -0.15) is 0 Å². The van der Waals surface area contributed by atoms with Crippen LogP contribution in [0, 0.1) is 10.5 Å². The van der Waals surface area contributed by atoms with Gasteiger partial charge in [0.2, 0.25) is 0 Å². The van der Waals surface area contributed by atoms with Crippen LogP contribution in [-0.4, -0.2) is 16.1 Å². The van der Waals surface area contributed by atoms with Gasteiger partial charge in [0.15, 0.2) is 0 Å². The van der Waals surface area contributed by atoms with E-state index in [9.17, 15) is 4.79 Å². The largest absolute Gasteiger partial charge is 0.478 e. The number of aromatic nitrogens is 1. The molecule has 15 heavy (non-hydrogen) atoms. The zero-order valence-electron chi connectivity index (χ0n) is 7.77. The van der Waals surface area contributed by atoms with Gasteiger partial charge in [0, 0.05) is 15.2 Å². The van der Waals surface area contributed by atoms with E-state index in [-0.39, 0.29) is 5.56 Å². The van der Waals surface area contributed by atoms with Gasteiger partial charge in [0.1, 0.15) is 0 Å². The molecule has 0 fully saturated rings. The van der Waals surface area contributed by atoms with E-state index in [2.05, 4.69) is 27.6 Å². The molecule has 0 saturated carbocycles. The van der Waals surface area contributed by atoms with Crippen LogP contribution in [-0.2, 0) is 0 Å². The lowest BCUT2D eigenvalue weighted by Crippen LogP contribution is -1.94. The van der Waals surface area contributed by atoms with E-state index in [1.165, 1.54) is 6.20 Å². The van der Waals surface area contributed by atoms with Crippen LogP contribution in [0.4, 0.5) is 0 Å². The molecule has 0 aliphatic heterocycles. The molecule has 2 rings (SSSR count). The number of carbonyl (C=O) groups is 1. The Bertz CT molecular complexity index is 562. The number of hydrogen-bond donors (Lipinski definition) is 2. The fourth-order valence-electron chi connectivity index (χ4n) is 1.55. The maximum Gasteiger partial charge on any atom is 0.337 e. The normalized spacial score (nSPS) is 10.9. The highest BCUT2D eigenvalue weighted by molar-refractivity contribution is 14.1. The fourth-order valence-corrected chi connectivity index (χ4v) is 2.62. The van der Waals surface area contributed by atoms with Crippen molar-refractivity contribution in [3.05, 3.63) is 32.0 Å². The van der Waals surface area contributed by atoms with Crippen LogP contribution in [0.15, 0.2) is 12.3 Å². The molecule has 5 heteroatoms. The van der Waals surface area contributed by atoms with Crippen molar-refractivity contribution in [2.24, 2.45) is 0 Å². The van der Waals surface area contributed by atoms with Gasteiger partial charge >= 0.3 is 5.97 Å². The Morgan fingerprint density at radius 1 is 1.60 bits per heavy atom. The number of hydrogen-bond acceptors (Lipinski definition) is 1. The van der Waals surface area contributed by atoms with Crippen molar-refractivity contribution in [2.75, 3.05) is 0 Å². The lowest BCUT2D eigenvalue weighted by atomic mass is 10.1. The number of aryl methyl sites for hydroxylation is 1. The molecular weight excluding hydrogens is 328 g/mol. The van der Waals surface area contributed by atoms with Crippen LogP contribution in [0.5, 0.6) is 0 Å². The summed E-state index contributed by atoms with van der Waals surface area (Å²) >= 11 is 8.21. The summed E-state index contributed by atoms with van der Waals surface area (Å²) in [5, 5.41) is 10.0. The minimum atomic E-state index is -0.969. The SMILES string of the molecule is Cc1c(I)cc(Cl)c2c(C(=O)O)c[nH]c12. The minimum Gasteiger partial charge on any atom is -0.478 e. The molecule has 0 atom stereocenters. The van der Waals surface area contributed by atoms with Crippen molar-refractivity contribution in [2.45, 2.75) is 6.92 Å². The molecule has 0 amide bonds. The number of carboxylic acid groups (broad SMARTS) is 1. The maximum atomic E-state index is 10.9. The van der Waals surface area contributed by atoms with Crippen LogP contribution in [0.25, 0.3) is 10.9 Å². The van der Waals surface area contributed by atoms with Crippen molar-refractivity contribution in [1.82, 2.24) is 4.98 Å². The molecule has 0 aliphatic carbocycles. The van der Waals surface area contributed by atoms with Gasteiger partial charge < -0.3 is 10.1 Å². The molecular formula is C10H7ClINO2. The zero-order chi connectivity index (χ0) is 11.2. The third-order valence-electron chi connectivity index (χ3n) is 2.34. The Morgan fingerprint density at radius 2 is 2.27 bits per heavy atom. The summed E-state index contributed by atoms with van der Waals surface area (Å²) in [6, 6.07) is 1.78. The topological polar surface area (TPSA) is 53.1 Å². The summed E-state index contributed by atoms with van der Waals surface area (Å²) < 4.78 is 1.02. The molecule has 0 radical (unpaired) electrons. The molecule has 0 aliphatic rings. The van der Waals surface area contributed by atoms with E-state index in [4.69, 9.17) is 16.7 Å². The summed E-state index contributed by atoms with van der Waals surface area (Å²) in [5.41, 5.74) is 2.03. The molecule has 1 heterocycles. The van der Waals surface area contributed by atoms with Gasteiger partial charge in [0.05, 0.1) is 16.1 Å². The Balaban J connectivity index is 2.93. The van der Waals surface area contributed by atoms with E-state index < -0.39 is 5.97 Å². The van der Waals surface area contributed by atoms with Gasteiger partial charge in [-0.05, 0) is 41.1 Å². The Hall–Kier alpha value is -0.750. The molecule has 3 nitrogen and oxygen atoms in total. The highest BCUT2D eigenvalue weighted by Crippen LogP contribution is 2.32. The van der Waals surface area contributed by atoms with Crippen LogP contribution in [0.3, 0.4) is 0 Å². The minimum absolute atomic E-state index is 0.217. The van der Waals surface area contributed by atoms with Crippen molar-refractivity contribution in [3.8, 4) is 0 Å². The average molecular weight is 336 g/mol. The molecule has 1 aromatic carbocycles. The first kappa shape index (κ1) is 10.8. The van der Waals surface area contributed by atoms with Gasteiger partial charge in [0.25, 0.3) is 0 Å². The first-order valence-corrected chi connectivity index (χ1v) is 5.67. The van der Waals surface area contributed by atoms with Gasteiger partial charge in [-0.3, -0.25) is 0 Å². The van der Waals surface area contributed by atoms with Gasteiger partial charge in [-0.15, -0.1) is 0 Å². The molecule has 2 aromatic rings. The van der Waals surface area contributed by atoms with Gasteiger partial charge in [-0.1, -0.05) is 11.6 Å². The Labute approximate surface area is 105 Å². The maximum absolute atomic E-state index is 10.9. The number of benzene rings is 1. The van der Waals surface area contributed by atoms with Crippen LogP contribution < -0.4 is 0 Å². The first-order chi connectivity index (χ1) is 7.02. The summed E-state index contributed by atoms with van der Waals surface area (Å²) in [5.74, 6) is -0.969. The predicted octanol–water partition coefficient (Wildman–Crippen LogP) is 3.43. The lowest BCUT2D eigenvalue weighted by molar-refractivity contribution is 0.0699. The Kier molecular flexibility index (Phi) is 2.64. The van der Waals surface area contributed by atoms with Crippen molar-refractivity contribution >= 4 is 51.1 Å². The van der Waals surface area contributed by atoms with Crippen molar-refractivity contribution in [1.29, 1.82) is 0 Å². The third-order valence-corrected chi connectivity index (χ3v) is 3.75. The number of halogens is 2. The molecule has 0 unspecified atom stereocenters. The van der Waals surface area contributed by atoms with E-state index >= 15 is 0 Å². The first-order valence-electron chi connectivity index (χ1n) is 4.21. The van der Waals surface area contributed by atoms with Crippen molar-refractivity contribution < 1.29 is 9.90 Å². The number of fused-ring (bicyclic) bond motifs is 1. The molecule has 0 spiro atoms. The third kappa shape index (κ3) is 1.61. The zero-order valence-corrected chi connectivity index (χ0v) is 10.7. The summed E-state index contributed by atoms with van der Waals surface area (Å²) in [6.45, 7) is 1.93. The highest BCUT2D eigenvalue weighted by Gasteiger charge is 2.16. The number of nitrogens with one attached hydrogen (secondary N) is 1. The van der Waals surface area contributed by atoms with E-state index in [1.54, 1.807) is 6.07 Å². The number of rotatable bonds is 1. The summed E-state index contributed by atoms with van der Waals surface area (Å²) in [6.07, 6.45) is 1.47. The van der Waals surface area contributed by atoms with E-state index in [1.807, 2.05) is 6.92 Å². The van der Waals surface area contributed by atoms with Crippen LogP contribution >= 0.6 is 34.2 Å². The quantitative estimate of drug-likeness (QED) is 0.785. The predicted molar refractivity (Wildman–Crippen MR) is 67.7 cm³/mol. The standard InChI is InChI=1S/C10H7ClINO2/c1-4-7(12)2-6(11)8-5(10(14)15)3-13-9(4)8/h2-3,13H,1H3,(H,14,15).